The average Bonchev–Trinajstić information content (AvgIpc) is 3.07. The summed E-state index contributed by atoms with van der Waals surface area (Å²) in [6.07, 6.45) is 1.82. The van der Waals surface area contributed by atoms with Crippen molar-refractivity contribution in [1.29, 1.82) is 0 Å². The molecule has 3 aromatic rings. The number of rotatable bonds is 3. The molecule has 0 aliphatic carbocycles. The van der Waals surface area contributed by atoms with Crippen LogP contribution in [0.1, 0.15) is 84.7 Å². The molecule has 1 aromatic carbocycles. The number of benzene rings is 1. The predicted molar refractivity (Wildman–Crippen MR) is 127 cm³/mol. The van der Waals surface area contributed by atoms with Crippen LogP contribution in [-0.4, -0.2) is 19.7 Å². The van der Waals surface area contributed by atoms with E-state index in [4.69, 9.17) is 0 Å². The third-order valence-electron chi connectivity index (χ3n) is 5.33. The highest BCUT2D eigenvalue weighted by atomic mass is 31.0. The minimum Gasteiger partial charge on any atom is -0.259 e. The molecule has 30 heavy (non-hydrogen) atoms. The molecule has 2 heterocycles. The van der Waals surface area contributed by atoms with E-state index in [1.165, 1.54) is 22.3 Å². The van der Waals surface area contributed by atoms with Gasteiger partial charge >= 0.3 is 0 Å². The van der Waals surface area contributed by atoms with Gasteiger partial charge in [0.1, 0.15) is 5.43 Å². The second kappa shape index (κ2) is 7.89. The van der Waals surface area contributed by atoms with Gasteiger partial charge in [0.2, 0.25) is 0 Å². The van der Waals surface area contributed by atoms with Gasteiger partial charge in [-0.05, 0) is 45.1 Å². The zero-order chi connectivity index (χ0) is 22.3. The van der Waals surface area contributed by atoms with Crippen molar-refractivity contribution < 1.29 is 0 Å². The summed E-state index contributed by atoms with van der Waals surface area (Å²) in [4.78, 5) is 4.44. The molecule has 2 aromatic heterocycles. The molecule has 0 radical (unpaired) electrons. The van der Waals surface area contributed by atoms with Crippen molar-refractivity contribution in [2.45, 2.75) is 85.1 Å². The molecule has 0 atom stereocenters. The van der Waals surface area contributed by atoms with Crippen molar-refractivity contribution >= 4 is 8.35 Å². The van der Waals surface area contributed by atoms with Crippen LogP contribution in [0.4, 0.5) is 0 Å². The van der Waals surface area contributed by atoms with Gasteiger partial charge in [0.15, 0.2) is 0 Å². The van der Waals surface area contributed by atoms with Crippen molar-refractivity contribution in [3.8, 4) is 11.0 Å². The Bertz CT molecular complexity index is 981. The Morgan fingerprint density at radius 1 is 0.833 bits per heavy atom. The summed E-state index contributed by atoms with van der Waals surface area (Å²) in [5.74, 6) is 0. The van der Waals surface area contributed by atoms with Crippen LogP contribution in [-0.2, 0) is 22.8 Å². The maximum absolute atomic E-state index is 4.65. The Morgan fingerprint density at radius 3 is 1.90 bits per heavy atom. The normalized spacial score (nSPS) is 13.2. The lowest BCUT2D eigenvalue weighted by atomic mass is 9.72. The molecule has 0 spiro atoms. The van der Waals surface area contributed by atoms with Crippen LogP contribution in [0.5, 0.6) is 0 Å². The number of pyridine rings is 1. The third-order valence-corrected chi connectivity index (χ3v) is 6.28. The summed E-state index contributed by atoms with van der Waals surface area (Å²) in [5.41, 5.74) is 7.45. The molecule has 0 amide bonds. The van der Waals surface area contributed by atoms with Crippen LogP contribution in [0.15, 0.2) is 36.5 Å². The molecule has 0 fully saturated rings. The van der Waals surface area contributed by atoms with E-state index in [1.807, 2.05) is 28.8 Å². The topological polar surface area (TPSA) is 43.6 Å². The Kier molecular flexibility index (Phi) is 5.95. The van der Waals surface area contributed by atoms with E-state index in [1.54, 1.807) is 0 Å². The highest BCUT2D eigenvalue weighted by molar-refractivity contribution is 7.29. The minimum absolute atomic E-state index is 0.00301. The molecular formula is C25H35N4P. The fraction of sp³-hybridized carbons (Fsp3) is 0.520. The Labute approximate surface area is 183 Å². The van der Waals surface area contributed by atoms with E-state index in [-0.39, 0.29) is 16.2 Å². The molecule has 0 N–H and O–H groups in total. The summed E-state index contributed by atoms with van der Waals surface area (Å²) < 4.78 is 1.98. The van der Waals surface area contributed by atoms with Gasteiger partial charge in [-0.2, -0.15) is 0 Å². The van der Waals surface area contributed by atoms with Crippen LogP contribution in [0.25, 0.3) is 11.0 Å². The van der Waals surface area contributed by atoms with E-state index < -0.39 is 0 Å². The number of nitrogens with zero attached hydrogens (tertiary/aromatic N) is 4. The second-order valence-corrected chi connectivity index (χ2v) is 12.2. The van der Waals surface area contributed by atoms with Crippen LogP contribution in [0.3, 0.4) is 0 Å². The quantitative estimate of drug-likeness (QED) is 0.463. The molecule has 0 saturated heterocycles. The summed E-state index contributed by atoms with van der Waals surface area (Å²) in [6, 6.07) is 10.8. The number of aromatic nitrogens is 4. The summed E-state index contributed by atoms with van der Waals surface area (Å²) >= 11 is 0. The van der Waals surface area contributed by atoms with Gasteiger partial charge in [-0.3, -0.25) is 4.98 Å². The number of hydrogen-bond donors (Lipinski definition) is 0. The third kappa shape index (κ3) is 4.98. The lowest BCUT2D eigenvalue weighted by molar-refractivity contribution is 0.550. The standard InChI is InChI=1S/C25H35N4P/c1-23(2,3)17-14-19(24(4,5)6)21(20(15-17)25(7,8)9)22-27-28-29(30-22)16-18-12-10-11-13-26-18/h10-15H,16H2,1-9H3. The van der Waals surface area contributed by atoms with Crippen molar-refractivity contribution in [2.75, 3.05) is 0 Å². The first-order valence-corrected chi connectivity index (χ1v) is 11.5. The monoisotopic (exact) mass is 422 g/mol. The van der Waals surface area contributed by atoms with Gasteiger partial charge in [-0.25, -0.2) is 4.44 Å². The minimum atomic E-state index is 0.00301. The first-order valence-electron chi connectivity index (χ1n) is 10.6. The van der Waals surface area contributed by atoms with Gasteiger partial charge in [-0.15, -0.1) is 5.10 Å². The van der Waals surface area contributed by atoms with E-state index in [0.717, 1.165) is 19.5 Å². The molecular weight excluding hydrogens is 387 g/mol. The average molecular weight is 423 g/mol. The molecule has 5 heteroatoms. The first kappa shape index (κ1) is 22.6. The highest BCUT2D eigenvalue weighted by Crippen LogP contribution is 2.44. The first-order chi connectivity index (χ1) is 13.8. The van der Waals surface area contributed by atoms with Crippen LogP contribution >= 0.6 is 8.35 Å². The van der Waals surface area contributed by atoms with Crippen LogP contribution < -0.4 is 0 Å². The van der Waals surface area contributed by atoms with Gasteiger partial charge in [0.05, 0.1) is 20.6 Å². The molecule has 0 aliphatic rings. The lowest BCUT2D eigenvalue weighted by Crippen LogP contribution is -2.22. The summed E-state index contributed by atoms with van der Waals surface area (Å²) in [5, 5.41) is 9.13. The van der Waals surface area contributed by atoms with Gasteiger partial charge in [-0.1, -0.05) is 85.7 Å². The molecule has 0 unspecified atom stereocenters. The molecule has 0 saturated carbocycles. The summed E-state index contributed by atoms with van der Waals surface area (Å²) in [7, 11) is 1.01. The Balaban J connectivity index is 2.20. The maximum Gasteiger partial charge on any atom is 0.141 e. The van der Waals surface area contributed by atoms with Gasteiger partial charge < -0.3 is 0 Å². The predicted octanol–water partition coefficient (Wildman–Crippen LogP) is 6.86. The fourth-order valence-corrected chi connectivity index (χ4v) is 4.48. The van der Waals surface area contributed by atoms with Crippen molar-refractivity contribution in [3.05, 3.63) is 58.9 Å². The molecule has 4 nitrogen and oxygen atoms in total. The molecule has 3 rings (SSSR count). The van der Waals surface area contributed by atoms with E-state index in [9.17, 15) is 0 Å². The molecule has 0 bridgehead atoms. The van der Waals surface area contributed by atoms with Gasteiger partial charge in [0, 0.05) is 11.8 Å². The van der Waals surface area contributed by atoms with E-state index in [0.29, 0.717) is 6.54 Å². The number of hydrogen-bond acceptors (Lipinski definition) is 3. The maximum atomic E-state index is 4.65. The zero-order valence-electron chi connectivity index (χ0n) is 19.9. The zero-order valence-corrected chi connectivity index (χ0v) is 20.8. The fourth-order valence-electron chi connectivity index (χ4n) is 3.55. The lowest BCUT2D eigenvalue weighted by Gasteiger charge is -2.32. The second-order valence-electron chi connectivity index (χ2n) is 11.2. The largest absolute Gasteiger partial charge is 0.259 e. The van der Waals surface area contributed by atoms with E-state index in [2.05, 4.69) is 89.7 Å². The van der Waals surface area contributed by atoms with E-state index >= 15 is 0 Å². The van der Waals surface area contributed by atoms with Crippen molar-refractivity contribution in [2.24, 2.45) is 0 Å². The van der Waals surface area contributed by atoms with Crippen LogP contribution in [0, 0.1) is 0 Å². The van der Waals surface area contributed by atoms with Crippen LogP contribution in [0.2, 0.25) is 0 Å². The van der Waals surface area contributed by atoms with Crippen molar-refractivity contribution in [3.63, 3.8) is 0 Å². The highest BCUT2D eigenvalue weighted by Gasteiger charge is 2.31. The Morgan fingerprint density at radius 2 is 1.43 bits per heavy atom. The molecule has 160 valence electrons. The summed E-state index contributed by atoms with van der Waals surface area (Å²) in [6.45, 7) is 21.3. The van der Waals surface area contributed by atoms with Gasteiger partial charge in [0.25, 0.3) is 0 Å². The smallest absolute Gasteiger partial charge is 0.141 e. The van der Waals surface area contributed by atoms with Crippen molar-refractivity contribution in [1.82, 2.24) is 19.7 Å². The molecule has 0 aliphatic heterocycles. The SMILES string of the molecule is CC(C)(C)c1cc(C(C)(C)C)c(-c2nnn(Cc3ccccn3)p2)c(C(C)(C)C)c1. The Hall–Kier alpha value is -2.06.